The first-order chi connectivity index (χ1) is 7.68. The summed E-state index contributed by atoms with van der Waals surface area (Å²) in [5, 5.41) is 4.52. The summed E-state index contributed by atoms with van der Waals surface area (Å²) in [7, 11) is 2.87. The smallest absolute Gasteiger partial charge is 0.381 e. The van der Waals surface area contributed by atoms with Crippen molar-refractivity contribution in [2.45, 2.75) is 0 Å². The normalized spacial score (nSPS) is 11.9. The molecule has 0 saturated carbocycles. The zero-order valence-electron chi connectivity index (χ0n) is 8.75. The van der Waals surface area contributed by atoms with Gasteiger partial charge in [-0.05, 0) is 17.3 Å². The van der Waals surface area contributed by atoms with Crippen molar-refractivity contribution in [3.63, 3.8) is 0 Å². The van der Waals surface area contributed by atoms with Gasteiger partial charge >= 0.3 is 6.72 Å². The third-order valence-corrected chi connectivity index (χ3v) is 4.40. The van der Waals surface area contributed by atoms with Gasteiger partial charge in [-0.2, -0.15) is 0 Å². The first kappa shape index (κ1) is 11.5. The van der Waals surface area contributed by atoms with Crippen LogP contribution in [0.5, 0.6) is 5.88 Å². The molecular weight excluding hydrogens is 249 g/mol. The monoisotopic (exact) mass is 259 g/mol. The van der Waals surface area contributed by atoms with Crippen molar-refractivity contribution in [3.05, 3.63) is 24.3 Å². The largest absolute Gasteiger partial charge is 0.402 e. The highest BCUT2D eigenvalue weighted by molar-refractivity contribution is 8.07. The number of benzene rings is 1. The number of nitrogens with zero attached hydrogens (tertiary/aromatic N) is 1. The summed E-state index contributed by atoms with van der Waals surface area (Å²) in [5.74, 6) is 0.294. The number of fused-ring (bicyclic) bond motifs is 1. The van der Waals surface area contributed by atoms with Crippen molar-refractivity contribution in [2.75, 3.05) is 14.2 Å². The molecule has 16 heavy (non-hydrogen) atoms. The summed E-state index contributed by atoms with van der Waals surface area (Å²) < 4.78 is 20.5. The van der Waals surface area contributed by atoms with Crippen LogP contribution in [0.15, 0.2) is 28.8 Å². The van der Waals surface area contributed by atoms with E-state index in [0.29, 0.717) is 11.5 Å². The Bertz CT molecular complexity index is 533. The molecule has 0 bridgehead atoms. The van der Waals surface area contributed by atoms with E-state index in [1.807, 2.05) is 18.2 Å². The van der Waals surface area contributed by atoms with Crippen molar-refractivity contribution in [2.24, 2.45) is 0 Å². The molecule has 0 aliphatic rings. The minimum absolute atomic E-state index is 0.294. The Morgan fingerprint density at radius 3 is 2.62 bits per heavy atom. The van der Waals surface area contributed by atoms with E-state index in [2.05, 4.69) is 5.16 Å². The van der Waals surface area contributed by atoms with Crippen LogP contribution >= 0.6 is 6.72 Å². The van der Waals surface area contributed by atoms with Crippen molar-refractivity contribution in [3.8, 4) is 5.88 Å². The van der Waals surface area contributed by atoms with Crippen LogP contribution < -0.4 is 4.52 Å². The lowest BCUT2D eigenvalue weighted by Gasteiger charge is -2.15. The summed E-state index contributed by atoms with van der Waals surface area (Å²) in [6, 6.07) is 7.32. The predicted molar refractivity (Wildman–Crippen MR) is 62.9 cm³/mol. The average molecular weight is 259 g/mol. The van der Waals surface area contributed by atoms with Crippen LogP contribution in [0.2, 0.25) is 0 Å². The highest BCUT2D eigenvalue weighted by atomic mass is 32.5. The maximum absolute atomic E-state index is 5.43. The van der Waals surface area contributed by atoms with Gasteiger partial charge in [-0.3, -0.25) is 0 Å². The number of aromatic nitrogens is 1. The minimum atomic E-state index is -2.76. The van der Waals surface area contributed by atoms with E-state index in [9.17, 15) is 0 Å². The van der Waals surface area contributed by atoms with Crippen LogP contribution in [-0.4, -0.2) is 19.4 Å². The summed E-state index contributed by atoms with van der Waals surface area (Å²) in [6.45, 7) is -2.76. The van der Waals surface area contributed by atoms with Crippen molar-refractivity contribution in [1.82, 2.24) is 5.16 Å². The molecule has 0 amide bonds. The standard InChI is InChI=1S/C9H10NO4PS/c1-11-15(16,12-2)14-9-7-5-3-4-6-8(7)13-10-9/h3-6H,1-2H3. The third-order valence-electron chi connectivity index (χ3n) is 1.99. The molecule has 0 unspecified atom stereocenters. The Labute approximate surface area is 97.5 Å². The number of para-hydroxylation sites is 1. The fourth-order valence-corrected chi connectivity index (χ4v) is 2.04. The zero-order valence-corrected chi connectivity index (χ0v) is 10.5. The van der Waals surface area contributed by atoms with Gasteiger partial charge in [-0.15, -0.1) is 0 Å². The van der Waals surface area contributed by atoms with Gasteiger partial charge in [-0.1, -0.05) is 12.1 Å². The molecule has 5 nitrogen and oxygen atoms in total. The molecule has 0 spiro atoms. The molecule has 7 heteroatoms. The summed E-state index contributed by atoms with van der Waals surface area (Å²) in [5.41, 5.74) is 0.631. The Kier molecular flexibility index (Phi) is 3.25. The fraction of sp³-hybridized carbons (Fsp3) is 0.222. The van der Waals surface area contributed by atoms with E-state index in [1.54, 1.807) is 6.07 Å². The van der Waals surface area contributed by atoms with Crippen LogP contribution in [0.3, 0.4) is 0 Å². The van der Waals surface area contributed by atoms with Gasteiger partial charge in [-0.25, -0.2) is 0 Å². The van der Waals surface area contributed by atoms with Crippen molar-refractivity contribution >= 4 is 29.5 Å². The second-order valence-corrected chi connectivity index (χ2v) is 6.04. The maximum Gasteiger partial charge on any atom is 0.381 e. The van der Waals surface area contributed by atoms with Crippen molar-refractivity contribution in [1.29, 1.82) is 0 Å². The van der Waals surface area contributed by atoms with Gasteiger partial charge < -0.3 is 18.1 Å². The number of hydrogen-bond donors (Lipinski definition) is 0. The molecule has 0 fully saturated rings. The van der Waals surface area contributed by atoms with Gasteiger partial charge in [0.25, 0.3) is 5.88 Å². The molecule has 1 aromatic heterocycles. The quantitative estimate of drug-likeness (QED) is 0.787. The highest BCUT2D eigenvalue weighted by Gasteiger charge is 2.22. The molecule has 2 rings (SSSR count). The van der Waals surface area contributed by atoms with Crippen LogP contribution in [0.25, 0.3) is 11.0 Å². The molecule has 0 aliphatic heterocycles. The van der Waals surface area contributed by atoms with Crippen LogP contribution in [-0.2, 0) is 20.9 Å². The fourth-order valence-electron chi connectivity index (χ4n) is 1.18. The molecule has 0 aliphatic carbocycles. The molecule has 0 radical (unpaired) electrons. The molecule has 1 heterocycles. The van der Waals surface area contributed by atoms with E-state index >= 15 is 0 Å². The Hall–Kier alpha value is -0.940. The lowest BCUT2D eigenvalue weighted by molar-refractivity contribution is 0.265. The Morgan fingerprint density at radius 1 is 1.25 bits per heavy atom. The SMILES string of the molecule is COP(=S)(OC)Oc1noc2ccccc12. The summed E-state index contributed by atoms with van der Waals surface area (Å²) in [4.78, 5) is 0. The van der Waals surface area contributed by atoms with Crippen LogP contribution in [0.1, 0.15) is 0 Å². The van der Waals surface area contributed by atoms with E-state index in [1.165, 1.54) is 14.2 Å². The van der Waals surface area contributed by atoms with E-state index < -0.39 is 6.72 Å². The maximum atomic E-state index is 5.43. The first-order valence-corrected chi connectivity index (χ1v) is 6.99. The van der Waals surface area contributed by atoms with Gasteiger partial charge in [0.1, 0.15) is 0 Å². The Balaban J connectivity index is 2.38. The molecule has 2 aromatic rings. The summed E-state index contributed by atoms with van der Waals surface area (Å²) in [6.07, 6.45) is 0. The van der Waals surface area contributed by atoms with Crippen molar-refractivity contribution < 1.29 is 18.1 Å². The first-order valence-electron chi connectivity index (χ1n) is 4.44. The van der Waals surface area contributed by atoms with Gasteiger partial charge in [0.15, 0.2) is 5.58 Å². The van der Waals surface area contributed by atoms with Gasteiger partial charge in [0.2, 0.25) is 0 Å². The number of hydrogen-bond acceptors (Lipinski definition) is 6. The Morgan fingerprint density at radius 2 is 1.94 bits per heavy atom. The second-order valence-electron chi connectivity index (χ2n) is 2.89. The number of rotatable bonds is 4. The van der Waals surface area contributed by atoms with Crippen LogP contribution in [0.4, 0.5) is 0 Å². The predicted octanol–water partition coefficient (Wildman–Crippen LogP) is 2.72. The van der Waals surface area contributed by atoms with E-state index in [-0.39, 0.29) is 0 Å². The van der Waals surface area contributed by atoms with Gasteiger partial charge in [0, 0.05) is 26.0 Å². The molecular formula is C9H10NO4PS. The lowest BCUT2D eigenvalue weighted by atomic mass is 10.3. The highest BCUT2D eigenvalue weighted by Crippen LogP contribution is 2.49. The topological polar surface area (TPSA) is 53.7 Å². The minimum Gasteiger partial charge on any atom is -0.402 e. The van der Waals surface area contributed by atoms with Gasteiger partial charge in [0.05, 0.1) is 5.39 Å². The van der Waals surface area contributed by atoms with Crippen LogP contribution in [0, 0.1) is 0 Å². The second kappa shape index (κ2) is 4.51. The molecule has 0 saturated heterocycles. The van der Waals surface area contributed by atoms with E-state index in [4.69, 9.17) is 29.9 Å². The lowest BCUT2D eigenvalue weighted by Crippen LogP contribution is -1.97. The average Bonchev–Trinajstić information content (AvgIpc) is 2.73. The summed E-state index contributed by atoms with van der Waals surface area (Å²) >= 11 is 5.08. The molecule has 0 atom stereocenters. The molecule has 1 aromatic carbocycles. The molecule has 86 valence electrons. The zero-order chi connectivity index (χ0) is 11.6. The third kappa shape index (κ3) is 2.10. The molecule has 0 N–H and O–H groups in total. The van der Waals surface area contributed by atoms with E-state index in [0.717, 1.165) is 5.39 Å².